The molecule has 0 radical (unpaired) electrons. The van der Waals surface area contributed by atoms with Gasteiger partial charge in [-0.25, -0.2) is 4.79 Å². The predicted molar refractivity (Wildman–Crippen MR) is 89.4 cm³/mol. The highest BCUT2D eigenvalue weighted by molar-refractivity contribution is 5.72. The number of rotatable bonds is 5. The van der Waals surface area contributed by atoms with Gasteiger partial charge in [-0.05, 0) is 51.0 Å². The third kappa shape index (κ3) is 6.18. The zero-order chi connectivity index (χ0) is 17.8. The van der Waals surface area contributed by atoms with Crippen LogP contribution in [0.5, 0.6) is 0 Å². The molecule has 0 bridgehead atoms. The Morgan fingerprint density at radius 1 is 1.35 bits per heavy atom. The lowest BCUT2D eigenvalue weighted by atomic mass is 9.88. The van der Waals surface area contributed by atoms with Gasteiger partial charge in [-0.15, -0.1) is 0 Å². The van der Waals surface area contributed by atoms with Gasteiger partial charge in [-0.2, -0.15) is 0 Å². The maximum atomic E-state index is 12.0. The molecular formula is C17H26N2O4. The standard InChI is InChI=1S/C17H26N2O4/c1-10-6-7-12(18)8-13(10)11(2)14(9-15(20)21)19-16(22)23-17(3,4)5/h6-8,11,14H,9,18H2,1-5H3,(H,19,22)(H,20,21)/t11?,14-/m0/s1. The summed E-state index contributed by atoms with van der Waals surface area (Å²) in [5.41, 5.74) is 7.68. The lowest BCUT2D eigenvalue weighted by Crippen LogP contribution is -2.43. The van der Waals surface area contributed by atoms with E-state index in [4.69, 9.17) is 15.6 Å². The number of hydrogen-bond donors (Lipinski definition) is 3. The Morgan fingerprint density at radius 3 is 2.48 bits per heavy atom. The number of aliphatic carboxylic acids is 1. The maximum absolute atomic E-state index is 12.0. The Labute approximate surface area is 137 Å². The van der Waals surface area contributed by atoms with Crippen molar-refractivity contribution >= 4 is 17.7 Å². The molecule has 0 aliphatic rings. The molecule has 2 atom stereocenters. The Hall–Kier alpha value is -2.24. The minimum Gasteiger partial charge on any atom is -0.481 e. The van der Waals surface area contributed by atoms with Crippen molar-refractivity contribution < 1.29 is 19.4 Å². The SMILES string of the molecule is Cc1ccc(N)cc1C(C)[C@H](CC(=O)O)NC(=O)OC(C)(C)C. The minimum atomic E-state index is -0.987. The first-order chi connectivity index (χ1) is 10.5. The van der Waals surface area contributed by atoms with Gasteiger partial charge in [0, 0.05) is 17.6 Å². The second kappa shape index (κ2) is 7.35. The molecule has 0 aliphatic carbocycles. The summed E-state index contributed by atoms with van der Waals surface area (Å²) in [6.07, 6.45) is -0.827. The molecule has 0 fully saturated rings. The highest BCUT2D eigenvalue weighted by Crippen LogP contribution is 2.26. The first kappa shape index (κ1) is 18.8. The molecule has 1 rings (SSSR count). The zero-order valence-electron chi connectivity index (χ0n) is 14.3. The first-order valence-corrected chi connectivity index (χ1v) is 7.57. The number of amides is 1. The van der Waals surface area contributed by atoms with E-state index in [9.17, 15) is 9.59 Å². The van der Waals surface area contributed by atoms with E-state index in [1.807, 2.05) is 26.0 Å². The first-order valence-electron chi connectivity index (χ1n) is 7.57. The molecule has 23 heavy (non-hydrogen) atoms. The lowest BCUT2D eigenvalue weighted by Gasteiger charge is -2.27. The van der Waals surface area contributed by atoms with E-state index in [0.717, 1.165) is 11.1 Å². The zero-order valence-corrected chi connectivity index (χ0v) is 14.3. The van der Waals surface area contributed by atoms with E-state index in [1.54, 1.807) is 26.8 Å². The number of carbonyl (C=O) groups is 2. The van der Waals surface area contributed by atoms with Gasteiger partial charge in [0.1, 0.15) is 5.60 Å². The van der Waals surface area contributed by atoms with Crippen LogP contribution in [0.1, 0.15) is 51.2 Å². The number of nitrogens with one attached hydrogen (secondary N) is 1. The second-order valence-electron chi connectivity index (χ2n) is 6.76. The molecule has 4 N–H and O–H groups in total. The normalized spacial score (nSPS) is 14.0. The number of carboxylic acids is 1. The van der Waals surface area contributed by atoms with E-state index >= 15 is 0 Å². The van der Waals surface area contributed by atoms with Crippen LogP contribution < -0.4 is 11.1 Å². The fraction of sp³-hybridized carbons (Fsp3) is 0.529. The third-order valence-electron chi connectivity index (χ3n) is 3.49. The number of alkyl carbamates (subject to hydrolysis) is 1. The average molecular weight is 322 g/mol. The Kier molecular flexibility index (Phi) is 6.01. The number of nitrogens with two attached hydrogens (primary N) is 1. The van der Waals surface area contributed by atoms with E-state index < -0.39 is 23.7 Å². The van der Waals surface area contributed by atoms with Crippen LogP contribution in [0.3, 0.4) is 0 Å². The van der Waals surface area contributed by atoms with Gasteiger partial charge < -0.3 is 20.9 Å². The maximum Gasteiger partial charge on any atom is 0.407 e. The number of benzene rings is 1. The smallest absolute Gasteiger partial charge is 0.407 e. The molecule has 1 unspecified atom stereocenters. The Morgan fingerprint density at radius 2 is 1.96 bits per heavy atom. The van der Waals surface area contributed by atoms with Crippen molar-refractivity contribution in [2.75, 3.05) is 5.73 Å². The summed E-state index contributed by atoms with van der Waals surface area (Å²) < 4.78 is 5.22. The van der Waals surface area contributed by atoms with Crippen LogP contribution in [0.25, 0.3) is 0 Å². The van der Waals surface area contributed by atoms with Crippen molar-refractivity contribution in [2.45, 2.75) is 58.6 Å². The van der Waals surface area contributed by atoms with Crippen molar-refractivity contribution in [1.29, 1.82) is 0 Å². The molecule has 1 amide bonds. The van der Waals surface area contributed by atoms with Gasteiger partial charge in [0.15, 0.2) is 0 Å². The summed E-state index contributed by atoms with van der Waals surface area (Å²) in [6, 6.07) is 4.89. The summed E-state index contributed by atoms with van der Waals surface area (Å²) in [7, 11) is 0. The van der Waals surface area contributed by atoms with Crippen molar-refractivity contribution in [2.24, 2.45) is 0 Å². The highest BCUT2D eigenvalue weighted by atomic mass is 16.6. The summed E-state index contributed by atoms with van der Waals surface area (Å²) in [6.45, 7) is 9.06. The molecule has 6 nitrogen and oxygen atoms in total. The minimum absolute atomic E-state index is 0.200. The number of ether oxygens (including phenoxy) is 1. The summed E-state index contributed by atoms with van der Waals surface area (Å²) in [4.78, 5) is 23.1. The van der Waals surface area contributed by atoms with Crippen LogP contribution in [0.15, 0.2) is 18.2 Å². The molecule has 1 aromatic carbocycles. The molecule has 0 aliphatic heterocycles. The number of hydrogen-bond acceptors (Lipinski definition) is 4. The predicted octanol–water partition coefficient (Wildman–Crippen LogP) is 3.05. The van der Waals surface area contributed by atoms with Crippen LogP contribution >= 0.6 is 0 Å². The quantitative estimate of drug-likeness (QED) is 0.723. The lowest BCUT2D eigenvalue weighted by molar-refractivity contribution is -0.137. The van der Waals surface area contributed by atoms with Crippen LogP contribution in [-0.2, 0) is 9.53 Å². The van der Waals surface area contributed by atoms with Gasteiger partial charge in [0.05, 0.1) is 6.42 Å². The van der Waals surface area contributed by atoms with Gasteiger partial charge in [0.2, 0.25) is 0 Å². The van der Waals surface area contributed by atoms with E-state index in [2.05, 4.69) is 5.32 Å². The molecule has 0 heterocycles. The largest absolute Gasteiger partial charge is 0.481 e. The van der Waals surface area contributed by atoms with Crippen molar-refractivity contribution in [3.63, 3.8) is 0 Å². The average Bonchev–Trinajstić information content (AvgIpc) is 2.37. The fourth-order valence-corrected chi connectivity index (χ4v) is 2.37. The van der Waals surface area contributed by atoms with Gasteiger partial charge in [0.25, 0.3) is 0 Å². The fourth-order valence-electron chi connectivity index (χ4n) is 2.37. The van der Waals surface area contributed by atoms with Crippen molar-refractivity contribution in [3.8, 4) is 0 Å². The second-order valence-corrected chi connectivity index (χ2v) is 6.76. The summed E-state index contributed by atoms with van der Waals surface area (Å²) in [5, 5.41) is 11.8. The number of carbonyl (C=O) groups excluding carboxylic acids is 1. The van der Waals surface area contributed by atoms with Gasteiger partial charge in [-0.3, -0.25) is 4.79 Å². The van der Waals surface area contributed by atoms with Crippen LogP contribution in [0.4, 0.5) is 10.5 Å². The number of nitrogen functional groups attached to an aromatic ring is 1. The number of carboxylic acid groups (broad SMARTS) is 1. The molecule has 0 saturated heterocycles. The molecular weight excluding hydrogens is 296 g/mol. The Balaban J connectivity index is 2.98. The molecule has 0 saturated carbocycles. The third-order valence-corrected chi connectivity index (χ3v) is 3.49. The monoisotopic (exact) mass is 322 g/mol. The number of anilines is 1. The van der Waals surface area contributed by atoms with E-state index in [-0.39, 0.29) is 12.3 Å². The number of aryl methyl sites for hydroxylation is 1. The highest BCUT2D eigenvalue weighted by Gasteiger charge is 2.27. The molecule has 1 aromatic rings. The van der Waals surface area contributed by atoms with E-state index in [0.29, 0.717) is 5.69 Å². The van der Waals surface area contributed by atoms with E-state index in [1.165, 1.54) is 0 Å². The molecule has 6 heteroatoms. The van der Waals surface area contributed by atoms with Gasteiger partial charge in [-0.1, -0.05) is 13.0 Å². The molecule has 0 spiro atoms. The van der Waals surface area contributed by atoms with Crippen LogP contribution in [0.2, 0.25) is 0 Å². The van der Waals surface area contributed by atoms with Gasteiger partial charge >= 0.3 is 12.1 Å². The topological polar surface area (TPSA) is 102 Å². The molecule has 128 valence electrons. The summed E-state index contributed by atoms with van der Waals surface area (Å²) >= 11 is 0. The van der Waals surface area contributed by atoms with Crippen molar-refractivity contribution in [1.82, 2.24) is 5.32 Å². The van der Waals surface area contributed by atoms with Crippen molar-refractivity contribution in [3.05, 3.63) is 29.3 Å². The summed E-state index contributed by atoms with van der Waals surface area (Å²) in [5.74, 6) is -1.21. The van der Waals surface area contributed by atoms with Crippen LogP contribution in [-0.4, -0.2) is 28.8 Å². The Bertz CT molecular complexity index is 578. The molecule has 0 aromatic heterocycles. The van der Waals surface area contributed by atoms with Crippen LogP contribution in [0, 0.1) is 6.92 Å².